The van der Waals surface area contributed by atoms with E-state index in [1.165, 1.54) is 51.4 Å². The van der Waals surface area contributed by atoms with Crippen molar-refractivity contribution in [3.63, 3.8) is 0 Å². The fraction of sp³-hybridized carbons (Fsp3) is 1.00. The van der Waals surface area contributed by atoms with Crippen molar-refractivity contribution in [3.05, 3.63) is 0 Å². The van der Waals surface area contributed by atoms with Gasteiger partial charge in [0.2, 0.25) is 0 Å². The fourth-order valence-electron chi connectivity index (χ4n) is 2.16. The van der Waals surface area contributed by atoms with E-state index < -0.39 is 0 Å². The minimum absolute atomic E-state index is 0.291. The molecule has 0 aromatic heterocycles. The Morgan fingerprint density at radius 3 is 1.76 bits per heavy atom. The molecule has 0 amide bonds. The first-order chi connectivity index (χ1) is 8.24. The highest BCUT2D eigenvalue weighted by Gasteiger charge is 2.11. The lowest BCUT2D eigenvalue weighted by Crippen LogP contribution is -2.38. The van der Waals surface area contributed by atoms with Crippen LogP contribution < -0.4 is 5.32 Å². The van der Waals surface area contributed by atoms with E-state index in [2.05, 4.69) is 26.1 Å². The van der Waals surface area contributed by atoms with Gasteiger partial charge in [0.05, 0.1) is 0 Å². The van der Waals surface area contributed by atoms with Crippen LogP contribution in [0.4, 0.5) is 0 Å². The van der Waals surface area contributed by atoms with Gasteiger partial charge in [-0.05, 0) is 25.7 Å². The monoisotopic (exact) mass is 243 g/mol. The van der Waals surface area contributed by atoms with Crippen molar-refractivity contribution < 1.29 is 5.11 Å². The van der Waals surface area contributed by atoms with Gasteiger partial charge in [0.15, 0.2) is 0 Å². The number of aliphatic hydroxyl groups excluding tert-OH is 1. The van der Waals surface area contributed by atoms with Crippen LogP contribution in [0.1, 0.15) is 85.0 Å². The molecule has 2 heteroatoms. The largest absolute Gasteiger partial charge is 0.379 e. The molecule has 0 fully saturated rings. The zero-order valence-corrected chi connectivity index (χ0v) is 12.2. The van der Waals surface area contributed by atoms with Crippen LogP contribution in [0.5, 0.6) is 0 Å². The Balaban J connectivity index is 3.76. The van der Waals surface area contributed by atoms with Gasteiger partial charge in [0, 0.05) is 6.04 Å². The molecule has 0 aliphatic rings. The number of hydrogen-bond donors (Lipinski definition) is 2. The molecular formula is C15H33NO. The Morgan fingerprint density at radius 2 is 1.29 bits per heavy atom. The van der Waals surface area contributed by atoms with Crippen molar-refractivity contribution in [2.24, 2.45) is 0 Å². The van der Waals surface area contributed by atoms with Crippen molar-refractivity contribution in [1.29, 1.82) is 0 Å². The highest BCUT2D eigenvalue weighted by Crippen LogP contribution is 2.11. The molecule has 0 aliphatic heterocycles. The minimum atomic E-state index is -0.291. The average Bonchev–Trinajstić information content (AvgIpc) is 2.33. The fourth-order valence-corrected chi connectivity index (χ4v) is 2.16. The first kappa shape index (κ1) is 16.9. The van der Waals surface area contributed by atoms with Crippen molar-refractivity contribution >= 4 is 0 Å². The Hall–Kier alpha value is -0.0800. The standard InChI is InChI=1S/C15H33NO/c1-4-7-10-13-15(17)16-14(11-8-5-2)12-9-6-3/h14-17H,4-13H2,1-3H3. The highest BCUT2D eigenvalue weighted by atomic mass is 16.3. The van der Waals surface area contributed by atoms with Crippen LogP contribution in [0.25, 0.3) is 0 Å². The second kappa shape index (κ2) is 12.4. The summed E-state index contributed by atoms with van der Waals surface area (Å²) < 4.78 is 0. The Labute approximate surface area is 108 Å². The lowest BCUT2D eigenvalue weighted by Gasteiger charge is -2.22. The van der Waals surface area contributed by atoms with Gasteiger partial charge in [-0.1, -0.05) is 59.3 Å². The maximum absolute atomic E-state index is 9.93. The first-order valence-electron chi connectivity index (χ1n) is 7.68. The Kier molecular flexibility index (Phi) is 12.3. The minimum Gasteiger partial charge on any atom is -0.379 e. The van der Waals surface area contributed by atoms with Crippen LogP contribution in [0.2, 0.25) is 0 Å². The van der Waals surface area contributed by atoms with Crippen LogP contribution in [0, 0.1) is 0 Å². The second-order valence-electron chi connectivity index (χ2n) is 5.16. The molecule has 0 spiro atoms. The maximum atomic E-state index is 9.93. The van der Waals surface area contributed by atoms with Gasteiger partial charge >= 0.3 is 0 Å². The zero-order chi connectivity index (χ0) is 12.9. The summed E-state index contributed by atoms with van der Waals surface area (Å²) in [5.74, 6) is 0. The molecule has 0 aromatic carbocycles. The molecule has 1 unspecified atom stereocenters. The van der Waals surface area contributed by atoms with E-state index in [4.69, 9.17) is 0 Å². The molecule has 0 heterocycles. The Bertz CT molecular complexity index is 142. The molecule has 0 bridgehead atoms. The first-order valence-corrected chi connectivity index (χ1v) is 7.68. The van der Waals surface area contributed by atoms with Crippen LogP contribution in [-0.2, 0) is 0 Å². The molecule has 0 saturated carbocycles. The molecule has 0 aliphatic carbocycles. The summed E-state index contributed by atoms with van der Waals surface area (Å²) in [5, 5.41) is 13.3. The van der Waals surface area contributed by atoms with Crippen LogP contribution in [0.15, 0.2) is 0 Å². The summed E-state index contributed by atoms with van der Waals surface area (Å²) in [6.45, 7) is 6.66. The lowest BCUT2D eigenvalue weighted by atomic mass is 10.0. The molecule has 2 N–H and O–H groups in total. The van der Waals surface area contributed by atoms with E-state index >= 15 is 0 Å². The zero-order valence-electron chi connectivity index (χ0n) is 12.2. The number of hydrogen-bond acceptors (Lipinski definition) is 2. The van der Waals surface area contributed by atoms with E-state index in [0.717, 1.165) is 12.8 Å². The maximum Gasteiger partial charge on any atom is 0.105 e. The number of nitrogens with one attached hydrogen (secondary N) is 1. The highest BCUT2D eigenvalue weighted by molar-refractivity contribution is 4.69. The molecule has 0 radical (unpaired) electrons. The van der Waals surface area contributed by atoms with Gasteiger partial charge in [0.1, 0.15) is 6.23 Å². The predicted molar refractivity (Wildman–Crippen MR) is 76.1 cm³/mol. The lowest BCUT2D eigenvalue weighted by molar-refractivity contribution is 0.105. The van der Waals surface area contributed by atoms with Crippen LogP contribution in [-0.4, -0.2) is 17.4 Å². The van der Waals surface area contributed by atoms with E-state index in [1.807, 2.05) is 0 Å². The van der Waals surface area contributed by atoms with Gasteiger partial charge < -0.3 is 5.11 Å². The number of aliphatic hydroxyl groups is 1. The van der Waals surface area contributed by atoms with E-state index in [9.17, 15) is 5.11 Å². The molecule has 0 aromatic rings. The average molecular weight is 243 g/mol. The number of unbranched alkanes of at least 4 members (excludes halogenated alkanes) is 4. The SMILES string of the molecule is CCCCCC(O)NC(CCCC)CCCC. The van der Waals surface area contributed by atoms with E-state index in [-0.39, 0.29) is 6.23 Å². The summed E-state index contributed by atoms with van der Waals surface area (Å²) in [6, 6.07) is 0.520. The third kappa shape index (κ3) is 10.8. The third-order valence-corrected chi connectivity index (χ3v) is 3.32. The molecule has 0 rings (SSSR count). The molecular weight excluding hydrogens is 210 g/mol. The van der Waals surface area contributed by atoms with Crippen molar-refractivity contribution in [1.82, 2.24) is 5.32 Å². The van der Waals surface area contributed by atoms with Gasteiger partial charge in [-0.3, -0.25) is 5.32 Å². The summed E-state index contributed by atoms with van der Waals surface area (Å²) in [6.07, 6.45) is 11.7. The molecule has 0 saturated heterocycles. The predicted octanol–water partition coefficient (Wildman–Crippen LogP) is 4.22. The third-order valence-electron chi connectivity index (χ3n) is 3.32. The van der Waals surface area contributed by atoms with Crippen molar-refractivity contribution in [3.8, 4) is 0 Å². The normalized spacial score (nSPS) is 13.2. The topological polar surface area (TPSA) is 32.3 Å². The van der Waals surface area contributed by atoms with Crippen LogP contribution in [0.3, 0.4) is 0 Å². The smallest absolute Gasteiger partial charge is 0.105 e. The summed E-state index contributed by atoms with van der Waals surface area (Å²) in [4.78, 5) is 0. The second-order valence-corrected chi connectivity index (χ2v) is 5.16. The molecule has 2 nitrogen and oxygen atoms in total. The molecule has 17 heavy (non-hydrogen) atoms. The Morgan fingerprint density at radius 1 is 0.765 bits per heavy atom. The van der Waals surface area contributed by atoms with Crippen LogP contribution >= 0.6 is 0 Å². The summed E-state index contributed by atoms with van der Waals surface area (Å²) >= 11 is 0. The number of rotatable bonds is 12. The summed E-state index contributed by atoms with van der Waals surface area (Å²) in [7, 11) is 0. The van der Waals surface area contributed by atoms with Crippen molar-refractivity contribution in [2.75, 3.05) is 0 Å². The quantitative estimate of drug-likeness (QED) is 0.397. The molecule has 1 atom stereocenters. The van der Waals surface area contributed by atoms with E-state index in [0.29, 0.717) is 6.04 Å². The van der Waals surface area contributed by atoms with E-state index in [1.54, 1.807) is 0 Å². The molecule has 104 valence electrons. The summed E-state index contributed by atoms with van der Waals surface area (Å²) in [5.41, 5.74) is 0. The van der Waals surface area contributed by atoms with Gasteiger partial charge in [-0.15, -0.1) is 0 Å². The van der Waals surface area contributed by atoms with Gasteiger partial charge in [-0.25, -0.2) is 0 Å². The van der Waals surface area contributed by atoms with Crippen molar-refractivity contribution in [2.45, 2.75) is 97.2 Å². The van der Waals surface area contributed by atoms with Gasteiger partial charge in [0.25, 0.3) is 0 Å². The van der Waals surface area contributed by atoms with Gasteiger partial charge in [-0.2, -0.15) is 0 Å².